The van der Waals surface area contributed by atoms with Crippen LogP contribution in [0.5, 0.6) is 0 Å². The smallest absolute Gasteiger partial charge is 0.257 e. The zero-order chi connectivity index (χ0) is 19.4. The predicted octanol–water partition coefficient (Wildman–Crippen LogP) is 1.93. The number of hydrogen-bond donors (Lipinski definition) is 2. The summed E-state index contributed by atoms with van der Waals surface area (Å²) >= 11 is 0. The summed E-state index contributed by atoms with van der Waals surface area (Å²) in [5.41, 5.74) is 1.37. The third kappa shape index (κ3) is 4.13. The van der Waals surface area contributed by atoms with Gasteiger partial charge in [0.05, 0.1) is 5.56 Å². The van der Waals surface area contributed by atoms with Crippen molar-refractivity contribution in [2.75, 3.05) is 18.4 Å². The number of amides is 3. The summed E-state index contributed by atoms with van der Waals surface area (Å²) in [4.78, 5) is 43.0. The molecule has 2 aromatic rings. The minimum absolute atomic E-state index is 0.00251. The fourth-order valence-electron chi connectivity index (χ4n) is 3.17. The lowest BCUT2D eigenvalue weighted by Crippen LogP contribution is -2.59. The SMILES string of the molecule is CC(C)C1C(=O)NCCN1C(=O)c1cccc(NC(=O)c2cccnc2)c1. The Kier molecular flexibility index (Phi) is 5.49. The van der Waals surface area contributed by atoms with E-state index < -0.39 is 6.04 Å². The lowest BCUT2D eigenvalue weighted by Gasteiger charge is -2.37. The van der Waals surface area contributed by atoms with Crippen molar-refractivity contribution in [3.63, 3.8) is 0 Å². The van der Waals surface area contributed by atoms with Gasteiger partial charge in [-0.25, -0.2) is 0 Å². The monoisotopic (exact) mass is 366 g/mol. The van der Waals surface area contributed by atoms with Gasteiger partial charge >= 0.3 is 0 Å². The molecule has 1 saturated heterocycles. The number of rotatable bonds is 4. The molecule has 1 aromatic heterocycles. The molecule has 7 heteroatoms. The predicted molar refractivity (Wildman–Crippen MR) is 101 cm³/mol. The molecule has 1 fully saturated rings. The van der Waals surface area contributed by atoms with Crippen molar-refractivity contribution in [2.24, 2.45) is 5.92 Å². The summed E-state index contributed by atoms with van der Waals surface area (Å²) in [6.45, 7) is 4.73. The van der Waals surface area contributed by atoms with Gasteiger partial charge in [-0.3, -0.25) is 19.4 Å². The number of pyridine rings is 1. The molecule has 1 atom stereocenters. The molecule has 1 aromatic carbocycles. The van der Waals surface area contributed by atoms with Crippen molar-refractivity contribution in [3.8, 4) is 0 Å². The third-order valence-electron chi connectivity index (χ3n) is 4.44. The fraction of sp³-hybridized carbons (Fsp3) is 0.300. The van der Waals surface area contributed by atoms with E-state index in [2.05, 4.69) is 15.6 Å². The molecule has 1 aliphatic rings. The first-order valence-electron chi connectivity index (χ1n) is 8.87. The van der Waals surface area contributed by atoms with Crippen LogP contribution in [0.2, 0.25) is 0 Å². The molecule has 140 valence electrons. The van der Waals surface area contributed by atoms with Crippen LogP contribution in [0.4, 0.5) is 5.69 Å². The number of carbonyl (C=O) groups is 3. The van der Waals surface area contributed by atoms with Gasteiger partial charge in [-0.1, -0.05) is 19.9 Å². The minimum atomic E-state index is -0.500. The average molecular weight is 366 g/mol. The number of carbonyl (C=O) groups excluding carboxylic acids is 3. The van der Waals surface area contributed by atoms with Crippen molar-refractivity contribution in [1.82, 2.24) is 15.2 Å². The van der Waals surface area contributed by atoms with Crippen LogP contribution in [0.25, 0.3) is 0 Å². The summed E-state index contributed by atoms with van der Waals surface area (Å²) in [7, 11) is 0. The molecule has 1 aliphatic heterocycles. The second kappa shape index (κ2) is 7.99. The molecule has 2 heterocycles. The van der Waals surface area contributed by atoms with Gasteiger partial charge < -0.3 is 15.5 Å². The molecule has 1 unspecified atom stereocenters. The zero-order valence-electron chi connectivity index (χ0n) is 15.3. The van der Waals surface area contributed by atoms with E-state index >= 15 is 0 Å². The highest BCUT2D eigenvalue weighted by molar-refractivity contribution is 6.05. The average Bonchev–Trinajstić information content (AvgIpc) is 2.67. The largest absolute Gasteiger partial charge is 0.353 e. The highest BCUT2D eigenvalue weighted by Crippen LogP contribution is 2.19. The Bertz CT molecular complexity index is 851. The Hall–Kier alpha value is -3.22. The van der Waals surface area contributed by atoms with Crippen molar-refractivity contribution < 1.29 is 14.4 Å². The van der Waals surface area contributed by atoms with E-state index in [1.807, 2.05) is 13.8 Å². The van der Waals surface area contributed by atoms with Crippen molar-refractivity contribution in [1.29, 1.82) is 0 Å². The normalized spacial score (nSPS) is 16.8. The van der Waals surface area contributed by atoms with Gasteiger partial charge in [-0.15, -0.1) is 0 Å². The molecule has 7 nitrogen and oxygen atoms in total. The van der Waals surface area contributed by atoms with E-state index in [0.717, 1.165) is 0 Å². The van der Waals surface area contributed by atoms with Gasteiger partial charge in [0.25, 0.3) is 11.8 Å². The van der Waals surface area contributed by atoms with Gasteiger partial charge in [0.2, 0.25) is 5.91 Å². The Morgan fingerprint density at radius 1 is 1.22 bits per heavy atom. The molecule has 2 N–H and O–H groups in total. The number of nitrogens with zero attached hydrogens (tertiary/aromatic N) is 2. The van der Waals surface area contributed by atoms with Crippen LogP contribution in [0.3, 0.4) is 0 Å². The number of benzene rings is 1. The molecule has 3 amide bonds. The van der Waals surface area contributed by atoms with Crippen LogP contribution < -0.4 is 10.6 Å². The lowest BCUT2D eigenvalue weighted by atomic mass is 9.98. The number of aromatic nitrogens is 1. The molecule has 0 radical (unpaired) electrons. The Morgan fingerprint density at radius 2 is 2.00 bits per heavy atom. The maximum Gasteiger partial charge on any atom is 0.257 e. The molecule has 0 bridgehead atoms. The summed E-state index contributed by atoms with van der Waals surface area (Å²) in [5.74, 6) is -0.653. The van der Waals surface area contributed by atoms with E-state index in [9.17, 15) is 14.4 Å². The van der Waals surface area contributed by atoms with Crippen LogP contribution in [-0.4, -0.2) is 46.7 Å². The number of nitrogens with one attached hydrogen (secondary N) is 2. The van der Waals surface area contributed by atoms with Gasteiger partial charge in [-0.05, 0) is 36.2 Å². The number of piperazine rings is 1. The van der Waals surface area contributed by atoms with Crippen LogP contribution in [0.15, 0.2) is 48.8 Å². The minimum Gasteiger partial charge on any atom is -0.353 e. The first-order valence-corrected chi connectivity index (χ1v) is 8.87. The van der Waals surface area contributed by atoms with Crippen LogP contribution in [0, 0.1) is 5.92 Å². The molecular weight excluding hydrogens is 344 g/mol. The van der Waals surface area contributed by atoms with Gasteiger partial charge in [0, 0.05) is 36.7 Å². The highest BCUT2D eigenvalue weighted by Gasteiger charge is 2.35. The van der Waals surface area contributed by atoms with Gasteiger partial charge in [0.15, 0.2) is 0 Å². The first-order chi connectivity index (χ1) is 13.0. The molecule has 3 rings (SSSR count). The highest BCUT2D eigenvalue weighted by atomic mass is 16.2. The summed E-state index contributed by atoms with van der Waals surface area (Å²) in [6, 6.07) is 9.58. The zero-order valence-corrected chi connectivity index (χ0v) is 15.3. The van der Waals surface area contributed by atoms with E-state index in [0.29, 0.717) is 29.9 Å². The second-order valence-electron chi connectivity index (χ2n) is 6.76. The fourth-order valence-corrected chi connectivity index (χ4v) is 3.17. The Labute approximate surface area is 157 Å². The van der Waals surface area contributed by atoms with Crippen molar-refractivity contribution in [3.05, 3.63) is 59.9 Å². The number of anilines is 1. The maximum atomic E-state index is 13.0. The molecular formula is C20H22N4O3. The summed E-state index contributed by atoms with van der Waals surface area (Å²) < 4.78 is 0. The van der Waals surface area contributed by atoms with Gasteiger partial charge in [0.1, 0.15) is 6.04 Å². The maximum absolute atomic E-state index is 13.0. The molecule has 27 heavy (non-hydrogen) atoms. The van der Waals surface area contributed by atoms with Crippen LogP contribution in [0.1, 0.15) is 34.6 Å². The topological polar surface area (TPSA) is 91.4 Å². The molecule has 0 saturated carbocycles. The van der Waals surface area contributed by atoms with E-state index in [4.69, 9.17) is 0 Å². The quantitative estimate of drug-likeness (QED) is 0.865. The van der Waals surface area contributed by atoms with E-state index in [1.165, 1.54) is 6.20 Å². The van der Waals surface area contributed by atoms with Gasteiger partial charge in [-0.2, -0.15) is 0 Å². The Morgan fingerprint density at radius 3 is 2.70 bits per heavy atom. The summed E-state index contributed by atoms with van der Waals surface area (Å²) in [6.07, 6.45) is 3.07. The second-order valence-corrected chi connectivity index (χ2v) is 6.76. The number of hydrogen-bond acceptors (Lipinski definition) is 4. The first kappa shape index (κ1) is 18.6. The lowest BCUT2D eigenvalue weighted by molar-refractivity contribution is -0.129. The van der Waals surface area contributed by atoms with Crippen molar-refractivity contribution >= 4 is 23.4 Å². The summed E-state index contributed by atoms with van der Waals surface area (Å²) in [5, 5.41) is 5.58. The molecule has 0 spiro atoms. The van der Waals surface area contributed by atoms with Crippen LogP contribution in [-0.2, 0) is 4.79 Å². The van der Waals surface area contributed by atoms with Crippen molar-refractivity contribution in [2.45, 2.75) is 19.9 Å². The van der Waals surface area contributed by atoms with E-state index in [-0.39, 0.29) is 23.6 Å². The standard InChI is InChI=1S/C20H22N4O3/c1-13(2)17-19(26)22-9-10-24(17)20(27)14-5-3-7-16(11-14)23-18(25)15-6-4-8-21-12-15/h3-8,11-13,17H,9-10H2,1-2H3,(H,22,26)(H,23,25). The van der Waals surface area contributed by atoms with E-state index in [1.54, 1.807) is 47.5 Å². The molecule has 0 aliphatic carbocycles. The Balaban J connectivity index is 1.79. The third-order valence-corrected chi connectivity index (χ3v) is 4.44. The van der Waals surface area contributed by atoms with Crippen LogP contribution >= 0.6 is 0 Å².